The first-order valence-electron chi connectivity index (χ1n) is 9.45. The molecular weight excluding hydrogens is 392 g/mol. The van der Waals surface area contributed by atoms with E-state index in [0.717, 1.165) is 0 Å². The number of benzene rings is 2. The summed E-state index contributed by atoms with van der Waals surface area (Å²) in [6.07, 6.45) is 3.02. The first kappa shape index (κ1) is 22.5. The maximum absolute atomic E-state index is 12.0. The second kappa shape index (κ2) is 11.2. The average molecular weight is 414 g/mol. The summed E-state index contributed by atoms with van der Waals surface area (Å²) in [5.74, 6) is -0.614. The molecule has 0 unspecified atom stereocenters. The van der Waals surface area contributed by atoms with Gasteiger partial charge >= 0.3 is 0 Å². The van der Waals surface area contributed by atoms with Gasteiger partial charge in [0.15, 0.2) is 0 Å². The summed E-state index contributed by atoms with van der Waals surface area (Å²) >= 11 is 0. The Morgan fingerprint density at radius 3 is 1.40 bits per heavy atom. The van der Waals surface area contributed by atoms with E-state index in [0.29, 0.717) is 25.7 Å². The van der Waals surface area contributed by atoms with Crippen LogP contribution in [0.2, 0.25) is 0 Å². The van der Waals surface area contributed by atoms with Crippen LogP contribution in [0.15, 0.2) is 48.5 Å². The number of nitro benzene ring substituents is 2. The van der Waals surface area contributed by atoms with Crippen molar-refractivity contribution in [3.05, 3.63) is 68.8 Å². The Morgan fingerprint density at radius 1 is 0.667 bits per heavy atom. The molecule has 0 radical (unpaired) electrons. The number of unbranched alkanes of at least 4 members (excludes halogenated alkanes) is 3. The summed E-state index contributed by atoms with van der Waals surface area (Å²) in [5, 5.41) is 27.0. The minimum atomic E-state index is -0.551. The molecular formula is C20H22N4O6. The number of carbonyl (C=O) groups excluding carboxylic acids is 2. The fraction of sp³-hybridized carbons (Fsp3) is 0.300. The summed E-state index contributed by atoms with van der Waals surface area (Å²) in [4.78, 5) is 44.7. The number of anilines is 2. The van der Waals surface area contributed by atoms with Crippen molar-refractivity contribution in [2.75, 3.05) is 10.6 Å². The molecule has 0 aromatic heterocycles. The third kappa shape index (κ3) is 6.97. The fourth-order valence-electron chi connectivity index (χ4n) is 2.83. The van der Waals surface area contributed by atoms with Gasteiger partial charge in [0, 0.05) is 25.0 Å². The van der Waals surface area contributed by atoms with E-state index in [9.17, 15) is 29.8 Å². The van der Waals surface area contributed by atoms with E-state index in [-0.39, 0.29) is 47.4 Å². The van der Waals surface area contributed by atoms with Gasteiger partial charge in [-0.3, -0.25) is 29.8 Å². The molecule has 0 spiro atoms. The monoisotopic (exact) mass is 414 g/mol. The van der Waals surface area contributed by atoms with Gasteiger partial charge in [-0.15, -0.1) is 0 Å². The highest BCUT2D eigenvalue weighted by Gasteiger charge is 2.15. The lowest BCUT2D eigenvalue weighted by molar-refractivity contribution is -0.384. The molecule has 0 fully saturated rings. The van der Waals surface area contributed by atoms with Crippen LogP contribution in [0, 0.1) is 20.2 Å². The second-order valence-electron chi connectivity index (χ2n) is 6.56. The van der Waals surface area contributed by atoms with E-state index < -0.39 is 9.85 Å². The Balaban J connectivity index is 1.65. The molecule has 2 amide bonds. The summed E-state index contributed by atoms with van der Waals surface area (Å²) in [7, 11) is 0. The van der Waals surface area contributed by atoms with Gasteiger partial charge in [0.25, 0.3) is 11.4 Å². The number of rotatable bonds is 11. The molecule has 158 valence electrons. The molecule has 10 nitrogen and oxygen atoms in total. The van der Waals surface area contributed by atoms with Crippen molar-refractivity contribution >= 4 is 34.6 Å². The summed E-state index contributed by atoms with van der Waals surface area (Å²) in [5.41, 5.74) is 0.0179. The molecule has 30 heavy (non-hydrogen) atoms. The van der Waals surface area contributed by atoms with Crippen LogP contribution in [0.5, 0.6) is 0 Å². The van der Waals surface area contributed by atoms with Crippen molar-refractivity contribution in [2.24, 2.45) is 0 Å². The van der Waals surface area contributed by atoms with Gasteiger partial charge < -0.3 is 10.6 Å². The standard InChI is InChI=1S/C20H22N4O6/c25-19(21-15-9-5-7-11-17(15)23(27)28)13-3-1-2-4-14-20(26)22-16-10-6-8-12-18(16)24(29)30/h5-12H,1-4,13-14H2,(H,21,25)(H,22,26). The van der Waals surface area contributed by atoms with Gasteiger partial charge in [-0.1, -0.05) is 37.1 Å². The van der Waals surface area contributed by atoms with Crippen molar-refractivity contribution in [2.45, 2.75) is 38.5 Å². The Kier molecular flexibility index (Phi) is 8.42. The second-order valence-corrected chi connectivity index (χ2v) is 6.56. The number of hydrogen-bond acceptors (Lipinski definition) is 6. The number of nitro groups is 2. The SMILES string of the molecule is O=C(CCCCCCC(=O)Nc1ccccc1[N+](=O)[O-])Nc1ccccc1[N+](=O)[O-]. The Morgan fingerprint density at radius 2 is 1.03 bits per heavy atom. The Labute approximate surface area is 172 Å². The first-order valence-corrected chi connectivity index (χ1v) is 9.45. The lowest BCUT2D eigenvalue weighted by Gasteiger charge is -2.07. The molecule has 2 N–H and O–H groups in total. The smallest absolute Gasteiger partial charge is 0.292 e. The lowest BCUT2D eigenvalue weighted by Crippen LogP contribution is -2.13. The maximum atomic E-state index is 12.0. The van der Waals surface area contributed by atoms with Crippen LogP contribution in [0.4, 0.5) is 22.7 Å². The van der Waals surface area contributed by atoms with Gasteiger partial charge in [-0.25, -0.2) is 0 Å². The summed E-state index contributed by atoms with van der Waals surface area (Å²) in [6, 6.07) is 11.9. The highest BCUT2D eigenvalue weighted by atomic mass is 16.6. The highest BCUT2D eigenvalue weighted by molar-refractivity contribution is 5.93. The highest BCUT2D eigenvalue weighted by Crippen LogP contribution is 2.24. The molecule has 0 aliphatic carbocycles. The quantitative estimate of drug-likeness (QED) is 0.316. The van der Waals surface area contributed by atoms with Gasteiger partial charge in [-0.2, -0.15) is 0 Å². The molecule has 0 saturated carbocycles. The van der Waals surface area contributed by atoms with E-state index in [1.165, 1.54) is 36.4 Å². The topological polar surface area (TPSA) is 144 Å². The predicted molar refractivity (Wildman–Crippen MR) is 111 cm³/mol. The summed E-state index contributed by atoms with van der Waals surface area (Å²) < 4.78 is 0. The molecule has 2 aromatic carbocycles. The van der Waals surface area contributed by atoms with E-state index in [1.807, 2.05) is 0 Å². The molecule has 0 aliphatic heterocycles. The fourth-order valence-corrected chi connectivity index (χ4v) is 2.83. The molecule has 2 rings (SSSR count). The van der Waals surface area contributed by atoms with E-state index in [4.69, 9.17) is 0 Å². The third-order valence-electron chi connectivity index (χ3n) is 4.31. The van der Waals surface area contributed by atoms with Crippen LogP contribution < -0.4 is 10.6 Å². The number of para-hydroxylation sites is 4. The van der Waals surface area contributed by atoms with Crippen LogP contribution in [0.25, 0.3) is 0 Å². The first-order chi connectivity index (χ1) is 14.4. The van der Waals surface area contributed by atoms with Crippen molar-refractivity contribution in [3.63, 3.8) is 0 Å². The van der Waals surface area contributed by atoms with E-state index in [1.54, 1.807) is 12.1 Å². The number of carbonyl (C=O) groups is 2. The average Bonchev–Trinajstić information content (AvgIpc) is 2.71. The maximum Gasteiger partial charge on any atom is 0.292 e. The van der Waals surface area contributed by atoms with Gasteiger partial charge in [-0.05, 0) is 25.0 Å². The minimum Gasteiger partial charge on any atom is -0.320 e. The van der Waals surface area contributed by atoms with E-state index >= 15 is 0 Å². The van der Waals surface area contributed by atoms with Gasteiger partial charge in [0.05, 0.1) is 9.85 Å². The van der Waals surface area contributed by atoms with Crippen LogP contribution in [0.1, 0.15) is 38.5 Å². The van der Waals surface area contributed by atoms with Crippen molar-refractivity contribution in [1.82, 2.24) is 0 Å². The molecule has 0 bridgehead atoms. The van der Waals surface area contributed by atoms with Crippen molar-refractivity contribution in [3.8, 4) is 0 Å². The van der Waals surface area contributed by atoms with Crippen LogP contribution in [-0.2, 0) is 9.59 Å². The van der Waals surface area contributed by atoms with Gasteiger partial charge in [0.2, 0.25) is 11.8 Å². The number of nitrogens with zero attached hydrogens (tertiary/aromatic N) is 2. The van der Waals surface area contributed by atoms with Crippen LogP contribution in [-0.4, -0.2) is 21.7 Å². The minimum absolute atomic E-state index is 0.157. The molecule has 0 heterocycles. The third-order valence-corrected chi connectivity index (χ3v) is 4.31. The van der Waals surface area contributed by atoms with Crippen molar-refractivity contribution in [1.29, 1.82) is 0 Å². The van der Waals surface area contributed by atoms with Crippen molar-refractivity contribution < 1.29 is 19.4 Å². The zero-order valence-electron chi connectivity index (χ0n) is 16.2. The molecule has 0 atom stereocenters. The zero-order valence-corrected chi connectivity index (χ0v) is 16.2. The van der Waals surface area contributed by atoms with Crippen LogP contribution in [0.3, 0.4) is 0 Å². The molecule has 10 heteroatoms. The molecule has 2 aromatic rings. The zero-order chi connectivity index (χ0) is 21.9. The summed E-state index contributed by atoms with van der Waals surface area (Å²) in [6.45, 7) is 0. The Bertz CT molecular complexity index is 856. The number of amides is 2. The number of nitrogens with one attached hydrogen (secondary N) is 2. The number of hydrogen-bond donors (Lipinski definition) is 2. The predicted octanol–water partition coefficient (Wildman–Crippen LogP) is 4.42. The van der Waals surface area contributed by atoms with E-state index in [2.05, 4.69) is 10.6 Å². The molecule has 0 saturated heterocycles. The largest absolute Gasteiger partial charge is 0.320 e. The lowest BCUT2D eigenvalue weighted by atomic mass is 10.1. The van der Waals surface area contributed by atoms with Gasteiger partial charge in [0.1, 0.15) is 11.4 Å². The normalized spacial score (nSPS) is 10.3. The Hall–Kier alpha value is -3.82. The molecule has 0 aliphatic rings. The van der Waals surface area contributed by atoms with Crippen LogP contribution >= 0.6 is 0 Å².